The van der Waals surface area contributed by atoms with E-state index in [1.807, 2.05) is 17.0 Å². The minimum absolute atomic E-state index is 0.362. The van der Waals surface area contributed by atoms with Crippen LogP contribution in [-0.2, 0) is 6.18 Å². The van der Waals surface area contributed by atoms with Gasteiger partial charge in [-0.05, 0) is 30.7 Å². The topological polar surface area (TPSA) is 45.2 Å². The summed E-state index contributed by atoms with van der Waals surface area (Å²) in [5, 5.41) is 7.94. The van der Waals surface area contributed by atoms with Crippen molar-refractivity contribution in [1.82, 2.24) is 15.2 Å². The van der Waals surface area contributed by atoms with Gasteiger partial charge >= 0.3 is 6.18 Å². The van der Waals surface area contributed by atoms with Crippen LogP contribution >= 0.6 is 0 Å². The van der Waals surface area contributed by atoms with Crippen molar-refractivity contribution in [1.29, 1.82) is 0 Å². The Morgan fingerprint density at radius 3 is 2.22 bits per heavy atom. The lowest BCUT2D eigenvalue weighted by Gasteiger charge is -2.23. The Labute approximate surface area is 131 Å². The van der Waals surface area contributed by atoms with Gasteiger partial charge in [0, 0.05) is 32.4 Å². The van der Waals surface area contributed by atoms with E-state index >= 15 is 0 Å². The van der Waals surface area contributed by atoms with Gasteiger partial charge in [0.1, 0.15) is 11.5 Å². The molecule has 3 rings (SSSR count). The lowest BCUT2D eigenvalue weighted by Crippen LogP contribution is -2.31. The van der Waals surface area contributed by atoms with Gasteiger partial charge in [0.15, 0.2) is 5.82 Å². The number of pyridine rings is 1. The molecule has 0 N–H and O–H groups in total. The molecule has 0 amide bonds. The molecule has 0 radical (unpaired) electrons. The van der Waals surface area contributed by atoms with E-state index in [2.05, 4.69) is 20.1 Å². The number of hydrogen-bond acceptors (Lipinski definition) is 5. The molecule has 122 valence electrons. The van der Waals surface area contributed by atoms with Crippen molar-refractivity contribution in [3.63, 3.8) is 0 Å². The molecule has 23 heavy (non-hydrogen) atoms. The number of hydrogen-bond donors (Lipinski definition) is 0. The Morgan fingerprint density at radius 2 is 1.57 bits per heavy atom. The Bertz CT molecular complexity index is 647. The summed E-state index contributed by atoms with van der Waals surface area (Å²) < 4.78 is 38.4. The van der Waals surface area contributed by atoms with Crippen LogP contribution in [0.5, 0.6) is 0 Å². The van der Waals surface area contributed by atoms with Crippen LogP contribution in [0.4, 0.5) is 24.8 Å². The maximum Gasteiger partial charge on any atom is 0.433 e. The molecule has 0 aliphatic carbocycles. The Kier molecular flexibility index (Phi) is 4.31. The molecule has 0 bridgehead atoms. The Morgan fingerprint density at radius 1 is 0.870 bits per heavy atom. The molecule has 2 aromatic heterocycles. The maximum absolute atomic E-state index is 12.8. The Hall–Kier alpha value is -2.38. The van der Waals surface area contributed by atoms with Crippen molar-refractivity contribution in [3.8, 4) is 0 Å². The molecule has 1 saturated heterocycles. The smallest absolute Gasteiger partial charge is 0.355 e. The highest BCUT2D eigenvalue weighted by molar-refractivity contribution is 5.43. The van der Waals surface area contributed by atoms with Crippen LogP contribution in [0.15, 0.2) is 36.5 Å². The molecule has 0 unspecified atom stereocenters. The maximum atomic E-state index is 12.8. The van der Waals surface area contributed by atoms with Gasteiger partial charge in [0.25, 0.3) is 0 Å². The molecule has 3 heterocycles. The standard InChI is InChI=1S/C15H16F3N5/c16-15(17,18)12-4-1-5-13(20-12)22-8-3-9-23(11-10-22)14-6-2-7-19-21-14/h1-2,4-7H,3,8-11H2. The third-order valence-electron chi connectivity index (χ3n) is 3.73. The Balaban J connectivity index is 1.73. The van der Waals surface area contributed by atoms with Gasteiger partial charge in [-0.3, -0.25) is 0 Å². The summed E-state index contributed by atoms with van der Waals surface area (Å²) in [6.07, 6.45) is -2.00. The SMILES string of the molecule is FC(F)(F)c1cccc(N2CCCN(c3cccnn3)CC2)n1. The first-order valence-corrected chi connectivity index (χ1v) is 7.36. The second kappa shape index (κ2) is 6.39. The second-order valence-electron chi connectivity index (χ2n) is 5.29. The van der Waals surface area contributed by atoms with Crippen LogP contribution in [0, 0.1) is 0 Å². The van der Waals surface area contributed by atoms with E-state index in [1.54, 1.807) is 12.3 Å². The molecule has 2 aromatic rings. The normalized spacial score (nSPS) is 16.3. The molecule has 0 atom stereocenters. The van der Waals surface area contributed by atoms with E-state index in [0.717, 1.165) is 24.8 Å². The van der Waals surface area contributed by atoms with E-state index in [1.165, 1.54) is 6.07 Å². The van der Waals surface area contributed by atoms with Gasteiger partial charge in [0.2, 0.25) is 0 Å². The molecule has 0 aromatic carbocycles. The summed E-state index contributed by atoms with van der Waals surface area (Å²) in [6, 6.07) is 7.71. The van der Waals surface area contributed by atoms with E-state index in [4.69, 9.17) is 0 Å². The average Bonchev–Trinajstić information content (AvgIpc) is 2.81. The number of rotatable bonds is 2. The summed E-state index contributed by atoms with van der Waals surface area (Å²) in [6.45, 7) is 2.70. The van der Waals surface area contributed by atoms with E-state index in [9.17, 15) is 13.2 Å². The first kappa shape index (κ1) is 15.5. The molecule has 5 nitrogen and oxygen atoms in total. The van der Waals surface area contributed by atoms with Crippen molar-refractivity contribution >= 4 is 11.6 Å². The minimum atomic E-state index is -4.42. The first-order chi connectivity index (χ1) is 11.0. The van der Waals surface area contributed by atoms with Gasteiger partial charge < -0.3 is 9.80 Å². The third-order valence-corrected chi connectivity index (χ3v) is 3.73. The molecule has 1 aliphatic heterocycles. The zero-order chi connectivity index (χ0) is 16.3. The zero-order valence-electron chi connectivity index (χ0n) is 12.4. The largest absolute Gasteiger partial charge is 0.433 e. The number of alkyl halides is 3. The molecule has 1 aliphatic rings. The summed E-state index contributed by atoms with van der Waals surface area (Å²) in [7, 11) is 0. The highest BCUT2D eigenvalue weighted by Gasteiger charge is 2.33. The van der Waals surface area contributed by atoms with Crippen molar-refractivity contribution in [2.45, 2.75) is 12.6 Å². The fraction of sp³-hybridized carbons (Fsp3) is 0.400. The number of aromatic nitrogens is 3. The van der Waals surface area contributed by atoms with E-state index in [0.29, 0.717) is 25.5 Å². The van der Waals surface area contributed by atoms with Crippen molar-refractivity contribution in [2.24, 2.45) is 0 Å². The van der Waals surface area contributed by atoms with Crippen LogP contribution in [0.1, 0.15) is 12.1 Å². The van der Waals surface area contributed by atoms with Crippen LogP contribution in [0.2, 0.25) is 0 Å². The van der Waals surface area contributed by atoms with Crippen LogP contribution < -0.4 is 9.80 Å². The molecular formula is C15H16F3N5. The lowest BCUT2D eigenvalue weighted by atomic mass is 10.3. The highest BCUT2D eigenvalue weighted by Crippen LogP contribution is 2.29. The molecule has 8 heteroatoms. The van der Waals surface area contributed by atoms with Gasteiger partial charge in [0.05, 0.1) is 0 Å². The van der Waals surface area contributed by atoms with Crippen molar-refractivity contribution < 1.29 is 13.2 Å². The molecule has 0 spiro atoms. The van der Waals surface area contributed by atoms with Gasteiger partial charge in [-0.15, -0.1) is 5.10 Å². The predicted octanol–water partition coefficient (Wildman–Crippen LogP) is 2.61. The van der Waals surface area contributed by atoms with Gasteiger partial charge in [-0.1, -0.05) is 6.07 Å². The number of halogens is 3. The molecular weight excluding hydrogens is 307 g/mol. The van der Waals surface area contributed by atoms with E-state index < -0.39 is 11.9 Å². The first-order valence-electron chi connectivity index (χ1n) is 7.36. The molecule has 1 fully saturated rings. The van der Waals surface area contributed by atoms with Gasteiger partial charge in [-0.25, -0.2) is 4.98 Å². The van der Waals surface area contributed by atoms with Crippen molar-refractivity contribution in [2.75, 3.05) is 36.0 Å². The minimum Gasteiger partial charge on any atom is -0.355 e. The number of nitrogens with zero attached hydrogens (tertiary/aromatic N) is 5. The zero-order valence-corrected chi connectivity index (χ0v) is 12.4. The van der Waals surface area contributed by atoms with Gasteiger partial charge in [-0.2, -0.15) is 18.3 Å². The van der Waals surface area contributed by atoms with Crippen LogP contribution in [0.3, 0.4) is 0 Å². The quantitative estimate of drug-likeness (QED) is 0.850. The lowest BCUT2D eigenvalue weighted by molar-refractivity contribution is -0.141. The third kappa shape index (κ3) is 3.69. The van der Waals surface area contributed by atoms with Crippen LogP contribution in [-0.4, -0.2) is 41.4 Å². The van der Waals surface area contributed by atoms with E-state index in [-0.39, 0.29) is 0 Å². The summed E-state index contributed by atoms with van der Waals surface area (Å²) in [4.78, 5) is 7.73. The monoisotopic (exact) mass is 323 g/mol. The average molecular weight is 323 g/mol. The fourth-order valence-corrected chi connectivity index (χ4v) is 2.59. The van der Waals surface area contributed by atoms with Crippen LogP contribution in [0.25, 0.3) is 0 Å². The summed E-state index contributed by atoms with van der Waals surface area (Å²) in [5.41, 5.74) is -0.856. The predicted molar refractivity (Wildman–Crippen MR) is 80.3 cm³/mol. The second-order valence-corrected chi connectivity index (χ2v) is 5.29. The highest BCUT2D eigenvalue weighted by atomic mass is 19.4. The summed E-state index contributed by atoms with van der Waals surface area (Å²) >= 11 is 0. The molecule has 0 saturated carbocycles. The fourth-order valence-electron chi connectivity index (χ4n) is 2.59. The van der Waals surface area contributed by atoms with Crippen molar-refractivity contribution in [3.05, 3.63) is 42.2 Å². The summed E-state index contributed by atoms with van der Waals surface area (Å²) in [5.74, 6) is 1.15. The number of anilines is 2.